The monoisotopic (exact) mass is 281 g/mol. The average Bonchev–Trinajstić information content (AvgIpc) is 2.43. The molecule has 0 unspecified atom stereocenters. The molecule has 1 nitrogen and oxygen atoms in total. The van der Waals surface area contributed by atoms with Crippen molar-refractivity contribution in [2.75, 3.05) is 5.32 Å². The van der Waals surface area contributed by atoms with Crippen LogP contribution >= 0.6 is 0 Å². The topological polar surface area (TPSA) is 12.0 Å². The van der Waals surface area contributed by atoms with E-state index in [-0.39, 0.29) is 11.7 Å². The van der Waals surface area contributed by atoms with Gasteiger partial charge >= 0.3 is 0 Å². The van der Waals surface area contributed by atoms with Crippen LogP contribution in [0.2, 0.25) is 0 Å². The molecule has 0 saturated heterocycles. The van der Waals surface area contributed by atoms with Crippen molar-refractivity contribution in [1.82, 2.24) is 0 Å². The molecule has 112 valence electrons. The Kier molecular flexibility index (Phi) is 4.66. The van der Waals surface area contributed by atoms with Gasteiger partial charge in [0, 0.05) is 6.04 Å². The molecule has 0 amide bonds. The summed E-state index contributed by atoms with van der Waals surface area (Å²) in [5, 5.41) is 3.06. The van der Waals surface area contributed by atoms with Crippen LogP contribution in [-0.4, -0.2) is 6.04 Å². The highest BCUT2D eigenvalue weighted by Crippen LogP contribution is 2.41. The molecule has 1 fully saturated rings. The van der Waals surface area contributed by atoms with Crippen molar-refractivity contribution in [3.05, 3.63) is 29.8 Å². The van der Waals surface area contributed by atoms with E-state index in [1.807, 2.05) is 0 Å². The molecule has 2 rings (SSSR count). The van der Waals surface area contributed by atoms with E-state index in [1.54, 1.807) is 0 Å². The van der Waals surface area contributed by atoms with Crippen LogP contribution in [0, 0.1) is 23.0 Å². The highest BCUT2D eigenvalue weighted by atomic mass is 19.1. The fourth-order valence-corrected chi connectivity index (χ4v) is 3.15. The van der Waals surface area contributed by atoms with E-state index in [0.717, 1.165) is 31.6 Å². The summed E-state index contributed by atoms with van der Waals surface area (Å²) >= 11 is 0. The van der Waals surface area contributed by atoms with Crippen molar-refractivity contribution >= 4 is 5.69 Å². The average molecular weight is 281 g/mol. The van der Waals surface area contributed by atoms with Gasteiger partial charge in [-0.05, 0) is 49.1 Å². The molecule has 1 aliphatic rings. The summed E-state index contributed by atoms with van der Waals surface area (Å²) in [4.78, 5) is 0. The molecule has 20 heavy (non-hydrogen) atoms. The zero-order chi connectivity index (χ0) is 14.8. The maximum absolute atomic E-state index is 13.6. The first-order valence-corrected chi connectivity index (χ1v) is 7.64. The molecule has 0 aromatic heterocycles. The number of hydrogen-bond acceptors (Lipinski definition) is 1. The number of para-hydroxylation sites is 1. The van der Waals surface area contributed by atoms with E-state index in [2.05, 4.69) is 26.1 Å². The van der Waals surface area contributed by atoms with Crippen LogP contribution in [0.1, 0.15) is 52.9 Å². The third-order valence-electron chi connectivity index (χ3n) is 5.05. The number of anilines is 1. The van der Waals surface area contributed by atoms with E-state index >= 15 is 0 Å². The third kappa shape index (κ3) is 3.31. The zero-order valence-electron chi connectivity index (χ0n) is 12.7. The maximum atomic E-state index is 13.6. The lowest BCUT2D eigenvalue weighted by Crippen LogP contribution is -2.33. The van der Waals surface area contributed by atoms with E-state index in [9.17, 15) is 8.78 Å². The molecule has 1 aromatic carbocycles. The van der Waals surface area contributed by atoms with Crippen LogP contribution in [0.3, 0.4) is 0 Å². The predicted molar refractivity (Wildman–Crippen MR) is 79.8 cm³/mol. The Bertz CT molecular complexity index is 428. The summed E-state index contributed by atoms with van der Waals surface area (Å²) < 4.78 is 27.2. The van der Waals surface area contributed by atoms with E-state index in [0.29, 0.717) is 5.41 Å². The summed E-state index contributed by atoms with van der Waals surface area (Å²) in [6, 6.07) is 4.19. The first kappa shape index (κ1) is 15.3. The summed E-state index contributed by atoms with van der Waals surface area (Å²) in [6.45, 7) is 6.88. The normalized spacial score (nSPS) is 23.6. The highest BCUT2D eigenvalue weighted by molar-refractivity contribution is 5.46. The molecular weight excluding hydrogens is 256 g/mol. The van der Waals surface area contributed by atoms with Gasteiger partial charge in [-0.2, -0.15) is 0 Å². The van der Waals surface area contributed by atoms with Crippen LogP contribution in [0.5, 0.6) is 0 Å². The van der Waals surface area contributed by atoms with Gasteiger partial charge in [0.25, 0.3) is 0 Å². The van der Waals surface area contributed by atoms with Crippen LogP contribution in [0.4, 0.5) is 14.5 Å². The Balaban J connectivity index is 1.95. The number of hydrogen-bond donors (Lipinski definition) is 1. The Hall–Kier alpha value is -1.12. The number of benzene rings is 1. The van der Waals surface area contributed by atoms with Crippen LogP contribution in [-0.2, 0) is 0 Å². The molecule has 1 aromatic rings. The van der Waals surface area contributed by atoms with Gasteiger partial charge in [-0.25, -0.2) is 8.78 Å². The minimum absolute atomic E-state index is 0.0331. The van der Waals surface area contributed by atoms with Gasteiger partial charge in [0.1, 0.15) is 17.3 Å². The first-order chi connectivity index (χ1) is 9.44. The van der Waals surface area contributed by atoms with Crippen molar-refractivity contribution in [3.8, 4) is 0 Å². The van der Waals surface area contributed by atoms with Crippen molar-refractivity contribution in [2.24, 2.45) is 11.3 Å². The van der Waals surface area contributed by atoms with Crippen molar-refractivity contribution in [1.29, 1.82) is 0 Å². The van der Waals surface area contributed by atoms with Gasteiger partial charge in [0.15, 0.2) is 0 Å². The predicted octanol–water partition coefficient (Wildman–Crippen LogP) is 5.37. The smallest absolute Gasteiger partial charge is 0.149 e. The molecule has 0 heterocycles. The first-order valence-electron chi connectivity index (χ1n) is 7.64. The van der Waals surface area contributed by atoms with Gasteiger partial charge in [-0.3, -0.25) is 0 Å². The largest absolute Gasteiger partial charge is 0.378 e. The van der Waals surface area contributed by atoms with Gasteiger partial charge in [0.05, 0.1) is 0 Å². The molecule has 0 spiro atoms. The number of halogens is 2. The molecule has 0 bridgehead atoms. The van der Waals surface area contributed by atoms with E-state index < -0.39 is 11.6 Å². The second-order valence-corrected chi connectivity index (χ2v) is 6.63. The van der Waals surface area contributed by atoms with E-state index in [1.165, 1.54) is 24.6 Å². The molecule has 0 aliphatic heterocycles. The van der Waals surface area contributed by atoms with Crippen molar-refractivity contribution in [2.45, 2.75) is 58.9 Å². The lowest BCUT2D eigenvalue weighted by atomic mass is 9.69. The zero-order valence-corrected chi connectivity index (χ0v) is 12.7. The fourth-order valence-electron chi connectivity index (χ4n) is 3.15. The number of rotatable bonds is 4. The lowest BCUT2D eigenvalue weighted by Gasteiger charge is -2.39. The Morgan fingerprint density at radius 3 is 2.15 bits per heavy atom. The van der Waals surface area contributed by atoms with E-state index in [4.69, 9.17) is 0 Å². The molecule has 1 aliphatic carbocycles. The molecule has 3 heteroatoms. The standard InChI is InChI=1S/C17H25F2N/c1-4-17(2,3)12-8-10-13(11-9-12)20-16-14(18)6-5-7-15(16)19/h5-7,12-13,20H,4,8-11H2,1-3H3. The van der Waals surface area contributed by atoms with Gasteiger partial charge in [0.2, 0.25) is 0 Å². The molecule has 0 radical (unpaired) electrons. The van der Waals surface area contributed by atoms with Crippen LogP contribution in [0.25, 0.3) is 0 Å². The second-order valence-electron chi connectivity index (χ2n) is 6.63. The molecule has 1 saturated carbocycles. The molecule has 0 atom stereocenters. The van der Waals surface area contributed by atoms with Crippen molar-refractivity contribution in [3.63, 3.8) is 0 Å². The fraction of sp³-hybridized carbons (Fsp3) is 0.647. The lowest BCUT2D eigenvalue weighted by molar-refractivity contribution is 0.147. The Labute approximate surface area is 120 Å². The summed E-state index contributed by atoms with van der Waals surface area (Å²) in [5.41, 5.74) is 0.402. The molecular formula is C17H25F2N. The van der Waals surface area contributed by atoms with Crippen LogP contribution in [0.15, 0.2) is 18.2 Å². The van der Waals surface area contributed by atoms with Crippen LogP contribution < -0.4 is 5.32 Å². The quantitative estimate of drug-likeness (QED) is 0.782. The summed E-state index contributed by atoms with van der Waals surface area (Å²) in [6.07, 6.45) is 5.42. The SMILES string of the molecule is CCC(C)(C)C1CCC(Nc2c(F)cccc2F)CC1. The van der Waals surface area contributed by atoms with Gasteiger partial charge in [-0.1, -0.05) is 33.3 Å². The Morgan fingerprint density at radius 2 is 1.65 bits per heavy atom. The van der Waals surface area contributed by atoms with Gasteiger partial charge in [-0.15, -0.1) is 0 Å². The van der Waals surface area contributed by atoms with Crippen molar-refractivity contribution < 1.29 is 8.78 Å². The second kappa shape index (κ2) is 6.11. The molecule has 1 N–H and O–H groups in total. The highest BCUT2D eigenvalue weighted by Gasteiger charge is 2.32. The third-order valence-corrected chi connectivity index (χ3v) is 5.05. The Morgan fingerprint density at radius 1 is 1.10 bits per heavy atom. The summed E-state index contributed by atoms with van der Waals surface area (Å²) in [7, 11) is 0. The van der Waals surface area contributed by atoms with Gasteiger partial charge < -0.3 is 5.32 Å². The summed E-state index contributed by atoms with van der Waals surface area (Å²) in [5.74, 6) is -0.280. The maximum Gasteiger partial charge on any atom is 0.149 e. The number of nitrogens with one attached hydrogen (secondary N) is 1. The minimum Gasteiger partial charge on any atom is -0.378 e. The minimum atomic E-state index is -0.499.